The predicted octanol–water partition coefficient (Wildman–Crippen LogP) is 1.49. The summed E-state index contributed by atoms with van der Waals surface area (Å²) in [5.41, 5.74) is 0.923. The number of ether oxygens (including phenoxy) is 2. The average molecular weight is 328 g/mol. The molecule has 1 unspecified atom stereocenters. The van der Waals surface area contributed by atoms with Crippen molar-refractivity contribution in [3.05, 3.63) is 42.2 Å². The van der Waals surface area contributed by atoms with Gasteiger partial charge in [-0.25, -0.2) is 0 Å². The number of aromatic nitrogens is 3. The predicted molar refractivity (Wildman–Crippen MR) is 86.8 cm³/mol. The maximum Gasteiger partial charge on any atom is 0.233 e. The van der Waals surface area contributed by atoms with Gasteiger partial charge >= 0.3 is 0 Å². The first-order chi connectivity index (χ1) is 11.7. The zero-order chi connectivity index (χ0) is 16.8. The summed E-state index contributed by atoms with van der Waals surface area (Å²) >= 11 is 0. The van der Waals surface area contributed by atoms with Gasteiger partial charge in [-0.15, -0.1) is 10.2 Å². The van der Waals surface area contributed by atoms with Crippen LogP contribution in [0.2, 0.25) is 0 Å². The van der Waals surface area contributed by atoms with Crippen molar-refractivity contribution in [1.82, 2.24) is 20.1 Å². The Morgan fingerprint density at radius 2 is 2.12 bits per heavy atom. The smallest absolute Gasteiger partial charge is 0.233 e. The van der Waals surface area contributed by atoms with Crippen molar-refractivity contribution >= 4 is 5.91 Å². The SMILES string of the molecule is COc1ccc(OC2CCCN(C(=O)Cc3cccnc3)C2)nn1. The number of methoxy groups -OCH3 is 1. The van der Waals surface area contributed by atoms with E-state index in [2.05, 4.69) is 15.2 Å². The minimum atomic E-state index is -0.0701. The summed E-state index contributed by atoms with van der Waals surface area (Å²) in [6.45, 7) is 1.32. The van der Waals surface area contributed by atoms with Crippen molar-refractivity contribution in [2.45, 2.75) is 25.4 Å². The standard InChI is InChI=1S/C17H20N4O3/c1-23-15-6-7-16(20-19-15)24-14-5-3-9-21(12-14)17(22)10-13-4-2-8-18-11-13/h2,4,6-8,11,14H,3,5,9-10,12H2,1H3. The second-order valence-corrected chi connectivity index (χ2v) is 5.67. The van der Waals surface area contributed by atoms with Gasteiger partial charge in [0.25, 0.3) is 0 Å². The van der Waals surface area contributed by atoms with Crippen LogP contribution in [0.15, 0.2) is 36.7 Å². The number of hydrogen-bond acceptors (Lipinski definition) is 6. The fourth-order valence-corrected chi connectivity index (χ4v) is 2.70. The lowest BCUT2D eigenvalue weighted by Gasteiger charge is -2.32. The zero-order valence-electron chi connectivity index (χ0n) is 13.6. The molecule has 1 amide bonds. The Bertz CT molecular complexity index is 663. The summed E-state index contributed by atoms with van der Waals surface area (Å²) in [6, 6.07) is 7.18. The Hall–Kier alpha value is -2.70. The zero-order valence-corrected chi connectivity index (χ0v) is 13.6. The first-order valence-electron chi connectivity index (χ1n) is 7.95. The Kier molecular flexibility index (Phi) is 5.20. The molecular weight excluding hydrogens is 308 g/mol. The van der Waals surface area contributed by atoms with Gasteiger partial charge in [0.2, 0.25) is 17.7 Å². The molecule has 24 heavy (non-hydrogen) atoms. The fourth-order valence-electron chi connectivity index (χ4n) is 2.70. The summed E-state index contributed by atoms with van der Waals surface area (Å²) in [5.74, 6) is 0.985. The molecule has 3 heterocycles. The third kappa shape index (κ3) is 4.18. The molecule has 0 saturated carbocycles. The Balaban J connectivity index is 1.56. The van der Waals surface area contributed by atoms with E-state index in [1.54, 1.807) is 24.5 Å². The fraction of sp³-hybridized carbons (Fsp3) is 0.412. The van der Waals surface area contributed by atoms with Gasteiger partial charge in [0.15, 0.2) is 0 Å². The van der Waals surface area contributed by atoms with E-state index in [9.17, 15) is 4.79 Å². The van der Waals surface area contributed by atoms with Gasteiger partial charge in [-0.2, -0.15) is 0 Å². The van der Waals surface area contributed by atoms with E-state index in [1.807, 2.05) is 17.0 Å². The minimum absolute atomic E-state index is 0.0701. The normalized spacial score (nSPS) is 17.4. The van der Waals surface area contributed by atoms with Crippen molar-refractivity contribution in [2.75, 3.05) is 20.2 Å². The Morgan fingerprint density at radius 1 is 1.29 bits per heavy atom. The number of carbonyl (C=O) groups is 1. The van der Waals surface area contributed by atoms with Crippen molar-refractivity contribution in [2.24, 2.45) is 0 Å². The summed E-state index contributed by atoms with van der Waals surface area (Å²) in [6.07, 6.45) is 5.52. The molecule has 126 valence electrons. The lowest BCUT2D eigenvalue weighted by atomic mass is 10.1. The van der Waals surface area contributed by atoms with Crippen molar-refractivity contribution < 1.29 is 14.3 Å². The molecule has 1 atom stereocenters. The number of pyridine rings is 1. The molecule has 0 aromatic carbocycles. The van der Waals surface area contributed by atoms with E-state index >= 15 is 0 Å². The van der Waals surface area contributed by atoms with E-state index in [4.69, 9.17) is 9.47 Å². The molecule has 0 bridgehead atoms. The van der Waals surface area contributed by atoms with E-state index in [0.29, 0.717) is 24.7 Å². The first-order valence-corrected chi connectivity index (χ1v) is 7.95. The second-order valence-electron chi connectivity index (χ2n) is 5.67. The van der Waals surface area contributed by atoms with Crippen LogP contribution in [0.5, 0.6) is 11.8 Å². The summed E-state index contributed by atoms with van der Waals surface area (Å²) < 4.78 is 10.8. The van der Waals surface area contributed by atoms with Crippen LogP contribution >= 0.6 is 0 Å². The lowest BCUT2D eigenvalue weighted by molar-refractivity contribution is -0.133. The Morgan fingerprint density at radius 3 is 2.83 bits per heavy atom. The van der Waals surface area contributed by atoms with Crippen LogP contribution in [0.25, 0.3) is 0 Å². The van der Waals surface area contributed by atoms with Gasteiger partial charge in [-0.3, -0.25) is 9.78 Å². The molecule has 1 aliphatic heterocycles. The molecule has 1 saturated heterocycles. The van der Waals surface area contributed by atoms with E-state index in [0.717, 1.165) is 24.9 Å². The largest absolute Gasteiger partial charge is 0.480 e. The molecule has 1 fully saturated rings. The summed E-state index contributed by atoms with van der Waals surface area (Å²) in [4.78, 5) is 18.3. The molecule has 0 radical (unpaired) electrons. The number of likely N-dealkylation sites (tertiary alicyclic amines) is 1. The minimum Gasteiger partial charge on any atom is -0.480 e. The summed E-state index contributed by atoms with van der Waals surface area (Å²) in [7, 11) is 1.54. The lowest BCUT2D eigenvalue weighted by Crippen LogP contribution is -2.45. The number of nitrogens with zero attached hydrogens (tertiary/aromatic N) is 4. The highest BCUT2D eigenvalue weighted by atomic mass is 16.5. The quantitative estimate of drug-likeness (QED) is 0.827. The molecule has 7 heteroatoms. The molecular formula is C17H20N4O3. The van der Waals surface area contributed by atoms with E-state index < -0.39 is 0 Å². The van der Waals surface area contributed by atoms with Crippen LogP contribution in [0, 0.1) is 0 Å². The summed E-state index contributed by atoms with van der Waals surface area (Å²) in [5, 5.41) is 7.86. The maximum atomic E-state index is 12.4. The molecule has 1 aliphatic rings. The molecule has 7 nitrogen and oxygen atoms in total. The number of carbonyl (C=O) groups excluding carboxylic acids is 1. The van der Waals surface area contributed by atoms with Gasteiger partial charge in [0.05, 0.1) is 20.1 Å². The van der Waals surface area contributed by atoms with Crippen LogP contribution in [0.1, 0.15) is 18.4 Å². The monoisotopic (exact) mass is 328 g/mol. The van der Waals surface area contributed by atoms with Crippen LogP contribution < -0.4 is 9.47 Å². The number of amides is 1. The van der Waals surface area contributed by atoms with Gasteiger partial charge in [-0.05, 0) is 24.5 Å². The highest BCUT2D eigenvalue weighted by molar-refractivity contribution is 5.78. The maximum absolute atomic E-state index is 12.4. The molecule has 2 aromatic heterocycles. The number of piperidine rings is 1. The van der Waals surface area contributed by atoms with Gasteiger partial charge < -0.3 is 14.4 Å². The van der Waals surface area contributed by atoms with Crippen molar-refractivity contribution in [1.29, 1.82) is 0 Å². The van der Waals surface area contributed by atoms with Crippen LogP contribution in [0.4, 0.5) is 0 Å². The molecule has 3 rings (SSSR count). The van der Waals surface area contributed by atoms with Crippen LogP contribution in [-0.4, -0.2) is 52.3 Å². The highest BCUT2D eigenvalue weighted by Gasteiger charge is 2.25. The van der Waals surface area contributed by atoms with Crippen LogP contribution in [0.3, 0.4) is 0 Å². The average Bonchev–Trinajstić information content (AvgIpc) is 2.63. The van der Waals surface area contributed by atoms with Crippen molar-refractivity contribution in [3.8, 4) is 11.8 Å². The van der Waals surface area contributed by atoms with E-state index in [1.165, 1.54) is 7.11 Å². The third-order valence-corrected chi connectivity index (χ3v) is 3.92. The van der Waals surface area contributed by atoms with E-state index in [-0.39, 0.29) is 12.0 Å². The molecule has 0 N–H and O–H groups in total. The highest BCUT2D eigenvalue weighted by Crippen LogP contribution is 2.18. The topological polar surface area (TPSA) is 77.4 Å². The van der Waals surface area contributed by atoms with Crippen molar-refractivity contribution in [3.63, 3.8) is 0 Å². The molecule has 0 spiro atoms. The van der Waals surface area contributed by atoms with Crippen LogP contribution in [-0.2, 0) is 11.2 Å². The second kappa shape index (κ2) is 7.72. The third-order valence-electron chi connectivity index (χ3n) is 3.92. The number of hydrogen-bond donors (Lipinski definition) is 0. The number of rotatable bonds is 5. The molecule has 2 aromatic rings. The van der Waals surface area contributed by atoms with Gasteiger partial charge in [-0.1, -0.05) is 6.07 Å². The molecule has 0 aliphatic carbocycles. The Labute approximate surface area is 140 Å². The first kappa shape index (κ1) is 16.2. The van der Waals surface area contributed by atoms with Gasteiger partial charge in [0.1, 0.15) is 6.10 Å². The van der Waals surface area contributed by atoms with Gasteiger partial charge in [0, 0.05) is 31.1 Å².